The summed E-state index contributed by atoms with van der Waals surface area (Å²) < 4.78 is 0. The van der Waals surface area contributed by atoms with Gasteiger partial charge in [-0.1, -0.05) is 38.1 Å². The third-order valence-corrected chi connectivity index (χ3v) is 5.55. The van der Waals surface area contributed by atoms with Crippen molar-refractivity contribution in [3.05, 3.63) is 35.4 Å². The first kappa shape index (κ1) is 17.5. The standard InChI is InChI=1S/C21H32N2O/c1-14(2)10-16-4-6-18(7-5-16)15(3)22-21(24)13-17-11-19-8-9-20(12-17)23-19/h4-7,14-15,17,19-20,23H,8-13H2,1-3H3,(H,22,24). The number of rotatable bonds is 6. The number of piperidine rings is 1. The lowest BCUT2D eigenvalue weighted by molar-refractivity contribution is -0.122. The number of hydrogen-bond acceptors (Lipinski definition) is 2. The number of hydrogen-bond donors (Lipinski definition) is 2. The van der Waals surface area contributed by atoms with Crippen molar-refractivity contribution >= 4 is 5.91 Å². The number of nitrogens with one attached hydrogen (secondary N) is 2. The molecule has 3 nitrogen and oxygen atoms in total. The van der Waals surface area contributed by atoms with Crippen LogP contribution >= 0.6 is 0 Å². The Labute approximate surface area is 146 Å². The van der Waals surface area contributed by atoms with Gasteiger partial charge in [0.25, 0.3) is 0 Å². The monoisotopic (exact) mass is 328 g/mol. The van der Waals surface area contributed by atoms with Crippen LogP contribution in [0.3, 0.4) is 0 Å². The summed E-state index contributed by atoms with van der Waals surface area (Å²) in [5.74, 6) is 1.44. The first-order chi connectivity index (χ1) is 11.5. The topological polar surface area (TPSA) is 41.1 Å². The van der Waals surface area contributed by atoms with Gasteiger partial charge in [-0.05, 0) is 62.0 Å². The van der Waals surface area contributed by atoms with E-state index in [0.717, 1.165) is 6.42 Å². The minimum Gasteiger partial charge on any atom is -0.350 e. The van der Waals surface area contributed by atoms with Crippen LogP contribution in [-0.4, -0.2) is 18.0 Å². The smallest absolute Gasteiger partial charge is 0.220 e. The highest BCUT2D eigenvalue weighted by Gasteiger charge is 2.34. The lowest BCUT2D eigenvalue weighted by Gasteiger charge is -2.29. The molecule has 0 saturated carbocycles. The van der Waals surface area contributed by atoms with Gasteiger partial charge in [-0.2, -0.15) is 0 Å². The third kappa shape index (κ3) is 4.60. The van der Waals surface area contributed by atoms with Crippen LogP contribution in [0.2, 0.25) is 0 Å². The zero-order chi connectivity index (χ0) is 17.1. The highest BCUT2D eigenvalue weighted by Crippen LogP contribution is 2.32. The van der Waals surface area contributed by atoms with Crippen molar-refractivity contribution in [1.82, 2.24) is 10.6 Å². The maximum absolute atomic E-state index is 12.4. The van der Waals surface area contributed by atoms with Gasteiger partial charge in [0.05, 0.1) is 6.04 Å². The van der Waals surface area contributed by atoms with Crippen LogP contribution in [0.15, 0.2) is 24.3 Å². The van der Waals surface area contributed by atoms with E-state index in [2.05, 4.69) is 55.7 Å². The molecule has 2 N–H and O–H groups in total. The summed E-state index contributed by atoms with van der Waals surface area (Å²) in [5, 5.41) is 6.84. The second-order valence-corrected chi connectivity index (χ2v) is 8.31. The zero-order valence-corrected chi connectivity index (χ0v) is 15.3. The van der Waals surface area contributed by atoms with Gasteiger partial charge in [0.2, 0.25) is 5.91 Å². The van der Waals surface area contributed by atoms with E-state index < -0.39 is 0 Å². The summed E-state index contributed by atoms with van der Waals surface area (Å²) in [4.78, 5) is 12.4. The zero-order valence-electron chi connectivity index (χ0n) is 15.3. The molecule has 3 unspecified atom stereocenters. The number of benzene rings is 1. The SMILES string of the molecule is CC(C)Cc1ccc(C(C)NC(=O)CC2CC3CCC(C2)N3)cc1. The molecule has 1 aromatic rings. The number of fused-ring (bicyclic) bond motifs is 2. The Bertz CT molecular complexity index is 539. The molecule has 2 heterocycles. The lowest BCUT2D eigenvalue weighted by atomic mass is 9.89. The van der Waals surface area contributed by atoms with Crippen LogP contribution in [0.4, 0.5) is 0 Å². The number of carbonyl (C=O) groups excluding carboxylic acids is 1. The predicted octanol–water partition coefficient (Wildman–Crippen LogP) is 3.98. The molecule has 2 saturated heterocycles. The van der Waals surface area contributed by atoms with Crippen LogP contribution in [0.1, 0.15) is 70.0 Å². The van der Waals surface area contributed by atoms with Gasteiger partial charge in [-0.3, -0.25) is 4.79 Å². The Morgan fingerprint density at radius 3 is 2.33 bits per heavy atom. The summed E-state index contributed by atoms with van der Waals surface area (Å²) in [7, 11) is 0. The van der Waals surface area contributed by atoms with E-state index in [1.807, 2.05) is 0 Å². The van der Waals surface area contributed by atoms with E-state index in [0.29, 0.717) is 30.3 Å². The van der Waals surface area contributed by atoms with Crippen molar-refractivity contribution in [3.8, 4) is 0 Å². The Balaban J connectivity index is 1.48. The van der Waals surface area contributed by atoms with Crippen molar-refractivity contribution in [3.63, 3.8) is 0 Å². The maximum Gasteiger partial charge on any atom is 0.220 e. The Kier molecular flexibility index (Phi) is 5.60. The predicted molar refractivity (Wildman–Crippen MR) is 98.8 cm³/mol. The fourth-order valence-electron chi connectivity index (χ4n) is 4.40. The molecule has 2 aliphatic heterocycles. The average molecular weight is 328 g/mol. The van der Waals surface area contributed by atoms with Gasteiger partial charge in [0.15, 0.2) is 0 Å². The van der Waals surface area contributed by atoms with E-state index in [9.17, 15) is 4.79 Å². The summed E-state index contributed by atoms with van der Waals surface area (Å²) in [6.07, 6.45) is 6.72. The molecule has 132 valence electrons. The van der Waals surface area contributed by atoms with Gasteiger partial charge >= 0.3 is 0 Å². The lowest BCUT2D eigenvalue weighted by Crippen LogP contribution is -2.40. The first-order valence-electron chi connectivity index (χ1n) is 9.64. The molecular weight excluding hydrogens is 296 g/mol. The molecule has 1 aromatic carbocycles. The van der Waals surface area contributed by atoms with Crippen molar-refractivity contribution in [1.29, 1.82) is 0 Å². The quantitative estimate of drug-likeness (QED) is 0.829. The van der Waals surface area contributed by atoms with Crippen LogP contribution in [0.25, 0.3) is 0 Å². The first-order valence-corrected chi connectivity index (χ1v) is 9.64. The van der Waals surface area contributed by atoms with E-state index in [1.54, 1.807) is 0 Å². The van der Waals surface area contributed by atoms with Gasteiger partial charge in [-0.25, -0.2) is 0 Å². The summed E-state index contributed by atoms with van der Waals surface area (Å²) in [5.41, 5.74) is 2.57. The third-order valence-electron chi connectivity index (χ3n) is 5.55. The van der Waals surface area contributed by atoms with Crippen LogP contribution in [-0.2, 0) is 11.2 Å². The fraction of sp³-hybridized carbons (Fsp3) is 0.667. The summed E-state index contributed by atoms with van der Waals surface area (Å²) >= 11 is 0. The fourth-order valence-corrected chi connectivity index (χ4v) is 4.40. The van der Waals surface area contributed by atoms with Crippen molar-refractivity contribution in [2.45, 2.75) is 77.4 Å². The second-order valence-electron chi connectivity index (χ2n) is 8.31. The van der Waals surface area contributed by atoms with Crippen LogP contribution < -0.4 is 10.6 Å². The summed E-state index contributed by atoms with van der Waals surface area (Å²) in [6, 6.07) is 10.1. The van der Waals surface area contributed by atoms with Gasteiger partial charge in [0, 0.05) is 18.5 Å². The van der Waals surface area contributed by atoms with E-state index in [4.69, 9.17) is 0 Å². The Morgan fingerprint density at radius 2 is 1.75 bits per heavy atom. The molecule has 0 radical (unpaired) electrons. The second kappa shape index (κ2) is 7.69. The Morgan fingerprint density at radius 1 is 1.12 bits per heavy atom. The van der Waals surface area contributed by atoms with E-state index >= 15 is 0 Å². The largest absolute Gasteiger partial charge is 0.350 e. The van der Waals surface area contributed by atoms with Crippen molar-refractivity contribution in [2.75, 3.05) is 0 Å². The molecule has 2 aliphatic rings. The normalized spacial score (nSPS) is 27.2. The number of amides is 1. The maximum atomic E-state index is 12.4. The molecule has 3 atom stereocenters. The molecule has 2 fully saturated rings. The molecular formula is C21H32N2O. The van der Waals surface area contributed by atoms with Gasteiger partial charge in [0.1, 0.15) is 0 Å². The molecule has 0 aromatic heterocycles. The highest BCUT2D eigenvalue weighted by atomic mass is 16.1. The molecule has 3 rings (SSSR count). The minimum absolute atomic E-state index is 0.0871. The summed E-state index contributed by atoms with van der Waals surface area (Å²) in [6.45, 7) is 6.56. The molecule has 1 amide bonds. The van der Waals surface area contributed by atoms with Crippen molar-refractivity contribution < 1.29 is 4.79 Å². The van der Waals surface area contributed by atoms with Gasteiger partial charge < -0.3 is 10.6 Å². The molecule has 2 bridgehead atoms. The highest BCUT2D eigenvalue weighted by molar-refractivity contribution is 5.76. The number of carbonyl (C=O) groups is 1. The molecule has 0 aliphatic carbocycles. The molecule has 0 spiro atoms. The van der Waals surface area contributed by atoms with E-state index in [-0.39, 0.29) is 11.9 Å². The molecule has 24 heavy (non-hydrogen) atoms. The van der Waals surface area contributed by atoms with Crippen LogP contribution in [0.5, 0.6) is 0 Å². The minimum atomic E-state index is 0.0871. The van der Waals surface area contributed by atoms with E-state index in [1.165, 1.54) is 36.8 Å². The molecule has 3 heteroatoms. The van der Waals surface area contributed by atoms with Crippen LogP contribution in [0, 0.1) is 11.8 Å². The Hall–Kier alpha value is -1.35. The van der Waals surface area contributed by atoms with Crippen molar-refractivity contribution in [2.24, 2.45) is 11.8 Å². The average Bonchev–Trinajstić information content (AvgIpc) is 2.86. The van der Waals surface area contributed by atoms with Gasteiger partial charge in [-0.15, -0.1) is 0 Å².